The van der Waals surface area contributed by atoms with Crippen molar-refractivity contribution in [2.75, 3.05) is 12.3 Å². The number of fused-ring (bicyclic) bond motifs is 1. The van der Waals surface area contributed by atoms with E-state index in [9.17, 15) is 0 Å². The third-order valence-electron chi connectivity index (χ3n) is 3.14. The maximum atomic E-state index is 9.10. The maximum absolute atomic E-state index is 9.10. The number of allylic oxidation sites excluding steroid dienone is 1. The third kappa shape index (κ3) is 1.57. The van der Waals surface area contributed by atoms with E-state index in [2.05, 4.69) is 21.0 Å². The van der Waals surface area contributed by atoms with Gasteiger partial charge in [-0.15, -0.1) is 0 Å². The van der Waals surface area contributed by atoms with Crippen LogP contribution in [-0.4, -0.2) is 31.2 Å². The predicted octanol–water partition coefficient (Wildman–Crippen LogP) is 0.662. The molecule has 6 heteroatoms. The Morgan fingerprint density at radius 2 is 2.29 bits per heavy atom. The van der Waals surface area contributed by atoms with Gasteiger partial charge >= 0.3 is 0 Å². The molecule has 0 fully saturated rings. The van der Waals surface area contributed by atoms with Crippen LogP contribution < -0.4 is 5.73 Å². The van der Waals surface area contributed by atoms with E-state index in [1.807, 2.05) is 4.57 Å². The number of nitrogen functional groups attached to an aromatic ring is 1. The summed E-state index contributed by atoms with van der Waals surface area (Å²) in [6.45, 7) is 0.125. The number of imidazole rings is 1. The Kier molecular flexibility index (Phi) is 2.29. The number of nitrogens with zero attached hydrogens (tertiary/aromatic N) is 4. The number of hydrogen-bond acceptors (Lipinski definition) is 5. The average molecular weight is 231 g/mol. The predicted molar refractivity (Wildman–Crippen MR) is 63.2 cm³/mol. The molecule has 0 spiro atoms. The van der Waals surface area contributed by atoms with Gasteiger partial charge in [0.2, 0.25) is 0 Å². The fourth-order valence-corrected chi connectivity index (χ4v) is 2.24. The Labute approximate surface area is 97.8 Å². The Morgan fingerprint density at radius 3 is 3.06 bits per heavy atom. The van der Waals surface area contributed by atoms with Gasteiger partial charge in [-0.1, -0.05) is 6.08 Å². The van der Waals surface area contributed by atoms with Crippen molar-refractivity contribution >= 4 is 17.0 Å². The number of nitrogens with two attached hydrogens (primary N) is 1. The van der Waals surface area contributed by atoms with E-state index >= 15 is 0 Å². The van der Waals surface area contributed by atoms with Crippen LogP contribution in [0.4, 0.5) is 5.82 Å². The fourth-order valence-electron chi connectivity index (χ4n) is 2.24. The van der Waals surface area contributed by atoms with E-state index in [1.165, 1.54) is 6.33 Å². The molecule has 2 aromatic heterocycles. The number of aromatic nitrogens is 4. The van der Waals surface area contributed by atoms with Gasteiger partial charge in [-0.3, -0.25) is 0 Å². The molecule has 17 heavy (non-hydrogen) atoms. The topological polar surface area (TPSA) is 89.9 Å². The van der Waals surface area contributed by atoms with Crippen molar-refractivity contribution in [2.45, 2.75) is 18.9 Å². The van der Waals surface area contributed by atoms with Crippen LogP contribution in [-0.2, 0) is 0 Å². The highest BCUT2D eigenvalue weighted by Crippen LogP contribution is 2.30. The van der Waals surface area contributed by atoms with E-state index in [0.717, 1.165) is 24.1 Å². The lowest BCUT2D eigenvalue weighted by Crippen LogP contribution is -2.03. The Hall–Kier alpha value is -1.95. The van der Waals surface area contributed by atoms with Crippen LogP contribution in [0.25, 0.3) is 11.2 Å². The van der Waals surface area contributed by atoms with Gasteiger partial charge in [-0.05, 0) is 18.4 Å². The standard InChI is InChI=1S/C11H13N5O/c12-10-9-11(14-5-13-10)16(6-15-9)8-2-1-7(3-8)4-17/h3,5-6,8,17H,1-2,4H2,(H2,12,13,14). The Balaban J connectivity index is 2.07. The third-order valence-corrected chi connectivity index (χ3v) is 3.14. The summed E-state index contributed by atoms with van der Waals surface area (Å²) in [5.41, 5.74) is 8.19. The highest BCUT2D eigenvalue weighted by Gasteiger charge is 2.19. The van der Waals surface area contributed by atoms with E-state index in [4.69, 9.17) is 10.8 Å². The van der Waals surface area contributed by atoms with Crippen LogP contribution >= 0.6 is 0 Å². The largest absolute Gasteiger partial charge is 0.392 e. The summed E-state index contributed by atoms with van der Waals surface area (Å²) >= 11 is 0. The first-order chi connectivity index (χ1) is 8.29. The van der Waals surface area contributed by atoms with Gasteiger partial charge in [0.1, 0.15) is 11.8 Å². The summed E-state index contributed by atoms with van der Waals surface area (Å²) in [7, 11) is 0. The second-order valence-electron chi connectivity index (χ2n) is 4.17. The number of aliphatic hydroxyl groups is 1. The minimum absolute atomic E-state index is 0.125. The van der Waals surface area contributed by atoms with Crippen molar-refractivity contribution in [3.05, 3.63) is 24.3 Å². The van der Waals surface area contributed by atoms with Crippen molar-refractivity contribution in [1.82, 2.24) is 19.5 Å². The van der Waals surface area contributed by atoms with Crippen LogP contribution in [0.15, 0.2) is 24.3 Å². The molecule has 0 amide bonds. The fraction of sp³-hybridized carbons (Fsp3) is 0.364. The smallest absolute Gasteiger partial charge is 0.165 e. The van der Waals surface area contributed by atoms with Crippen molar-refractivity contribution < 1.29 is 5.11 Å². The van der Waals surface area contributed by atoms with Crippen LogP contribution in [0, 0.1) is 0 Å². The Morgan fingerprint density at radius 1 is 1.41 bits per heavy atom. The molecule has 1 aliphatic rings. The summed E-state index contributed by atoms with van der Waals surface area (Å²) in [6, 6.07) is 0.205. The minimum atomic E-state index is 0.125. The van der Waals surface area contributed by atoms with E-state index in [-0.39, 0.29) is 12.6 Å². The summed E-state index contributed by atoms with van der Waals surface area (Å²) in [4.78, 5) is 12.4. The van der Waals surface area contributed by atoms with Crippen LogP contribution in [0.3, 0.4) is 0 Å². The number of aliphatic hydroxyl groups excluding tert-OH is 1. The van der Waals surface area contributed by atoms with Crippen molar-refractivity contribution in [3.8, 4) is 0 Å². The van der Waals surface area contributed by atoms with Gasteiger partial charge in [0, 0.05) is 0 Å². The van der Waals surface area contributed by atoms with Gasteiger partial charge in [-0.25, -0.2) is 15.0 Å². The number of rotatable bonds is 2. The molecule has 2 heterocycles. The lowest BCUT2D eigenvalue weighted by molar-refractivity contribution is 0.328. The molecule has 3 N–H and O–H groups in total. The minimum Gasteiger partial charge on any atom is -0.392 e. The molecule has 1 unspecified atom stereocenters. The van der Waals surface area contributed by atoms with E-state index in [0.29, 0.717) is 11.3 Å². The van der Waals surface area contributed by atoms with Crippen molar-refractivity contribution in [1.29, 1.82) is 0 Å². The summed E-state index contributed by atoms with van der Waals surface area (Å²) in [5, 5.41) is 9.10. The molecule has 88 valence electrons. The molecule has 1 atom stereocenters. The average Bonchev–Trinajstić information content (AvgIpc) is 2.94. The zero-order valence-electron chi connectivity index (χ0n) is 9.24. The summed E-state index contributed by atoms with van der Waals surface area (Å²) in [5.74, 6) is 0.401. The van der Waals surface area contributed by atoms with Crippen molar-refractivity contribution in [2.24, 2.45) is 0 Å². The number of hydrogen-bond donors (Lipinski definition) is 2. The highest BCUT2D eigenvalue weighted by atomic mass is 16.3. The molecule has 0 aliphatic heterocycles. The normalized spacial score (nSPS) is 19.8. The molecule has 3 rings (SSSR count). The molecule has 0 aromatic carbocycles. The molecule has 0 saturated heterocycles. The van der Waals surface area contributed by atoms with Gasteiger partial charge in [-0.2, -0.15) is 0 Å². The van der Waals surface area contributed by atoms with Gasteiger partial charge in [0.25, 0.3) is 0 Å². The van der Waals surface area contributed by atoms with Gasteiger partial charge < -0.3 is 15.4 Å². The van der Waals surface area contributed by atoms with Crippen LogP contribution in [0.2, 0.25) is 0 Å². The molecular formula is C11H13N5O. The summed E-state index contributed by atoms with van der Waals surface area (Å²) < 4.78 is 1.98. The molecule has 0 radical (unpaired) electrons. The highest BCUT2D eigenvalue weighted by molar-refractivity contribution is 5.81. The first kappa shape index (κ1) is 10.2. The molecule has 2 aromatic rings. The zero-order valence-corrected chi connectivity index (χ0v) is 9.24. The molecule has 0 saturated carbocycles. The first-order valence-corrected chi connectivity index (χ1v) is 5.53. The Bertz CT molecular complexity index is 589. The van der Waals surface area contributed by atoms with Crippen LogP contribution in [0.5, 0.6) is 0 Å². The lowest BCUT2D eigenvalue weighted by atomic mass is 10.2. The molecular weight excluding hydrogens is 218 g/mol. The van der Waals surface area contributed by atoms with Gasteiger partial charge in [0.05, 0.1) is 19.0 Å². The molecule has 1 aliphatic carbocycles. The second kappa shape index (κ2) is 3.81. The van der Waals surface area contributed by atoms with E-state index < -0.39 is 0 Å². The monoisotopic (exact) mass is 231 g/mol. The quantitative estimate of drug-likeness (QED) is 0.741. The second-order valence-corrected chi connectivity index (χ2v) is 4.17. The first-order valence-electron chi connectivity index (χ1n) is 5.53. The van der Waals surface area contributed by atoms with Crippen LogP contribution in [0.1, 0.15) is 18.9 Å². The maximum Gasteiger partial charge on any atom is 0.165 e. The SMILES string of the molecule is Nc1ncnc2c1ncn2C1C=C(CO)CC1. The lowest BCUT2D eigenvalue weighted by Gasteiger charge is -2.09. The summed E-state index contributed by atoms with van der Waals surface area (Å²) in [6.07, 6.45) is 7.13. The zero-order chi connectivity index (χ0) is 11.8. The molecule has 0 bridgehead atoms. The molecule has 6 nitrogen and oxygen atoms in total. The van der Waals surface area contributed by atoms with Gasteiger partial charge in [0.15, 0.2) is 11.5 Å². The van der Waals surface area contributed by atoms with E-state index in [1.54, 1.807) is 6.33 Å². The van der Waals surface area contributed by atoms with Crippen molar-refractivity contribution in [3.63, 3.8) is 0 Å². The number of anilines is 1.